The van der Waals surface area contributed by atoms with Crippen LogP contribution in [0.4, 0.5) is 20.3 Å². The minimum atomic E-state index is -0.613. The first-order chi connectivity index (χ1) is 31.0. The first kappa shape index (κ1) is 43.7. The van der Waals surface area contributed by atoms with Crippen LogP contribution in [0.3, 0.4) is 0 Å². The number of allylic oxidation sites excluding steroid dienone is 1. The second kappa shape index (κ2) is 18.5. The third-order valence-electron chi connectivity index (χ3n) is 13.5. The van der Waals surface area contributed by atoms with Gasteiger partial charge in [-0.05, 0) is 83.1 Å². The number of imidazole rings is 1. The minimum Gasteiger partial charge on any atom is -0.491 e. The Kier molecular flexibility index (Phi) is 12.7. The van der Waals surface area contributed by atoms with Gasteiger partial charge in [0.05, 0.1) is 48.9 Å². The number of carbonyl (C=O) groups excluding carboxylic acids is 1. The highest BCUT2D eigenvalue weighted by Crippen LogP contribution is 2.37. The highest BCUT2D eigenvalue weighted by Gasteiger charge is 2.45. The summed E-state index contributed by atoms with van der Waals surface area (Å²) in [6.07, 6.45) is 7.20. The van der Waals surface area contributed by atoms with E-state index >= 15 is 4.39 Å². The summed E-state index contributed by atoms with van der Waals surface area (Å²) in [6, 6.07) is 13.3. The Hall–Kier alpha value is -5.49. The number of aromatic nitrogens is 3. The number of amides is 1. The van der Waals surface area contributed by atoms with Crippen molar-refractivity contribution in [2.75, 3.05) is 77.6 Å². The van der Waals surface area contributed by atoms with Crippen molar-refractivity contribution in [1.29, 1.82) is 0 Å². The molecular formula is C47H60F2N12O3. The van der Waals surface area contributed by atoms with Crippen LogP contribution in [-0.2, 0) is 16.1 Å². The van der Waals surface area contributed by atoms with Crippen molar-refractivity contribution in [2.24, 2.45) is 10.1 Å². The van der Waals surface area contributed by atoms with Crippen LogP contribution in [-0.4, -0.2) is 155 Å². The second-order valence-corrected chi connectivity index (χ2v) is 18.0. The van der Waals surface area contributed by atoms with Crippen molar-refractivity contribution in [3.8, 4) is 17.0 Å². The third kappa shape index (κ3) is 8.82. The maximum Gasteiger partial charge on any atom is 0.245 e. The predicted octanol–water partition coefficient (Wildman–Crippen LogP) is 5.97. The molecule has 9 heterocycles. The van der Waals surface area contributed by atoms with Crippen LogP contribution in [0.25, 0.3) is 22.3 Å². The van der Waals surface area contributed by atoms with Crippen molar-refractivity contribution < 1.29 is 23.0 Å². The van der Waals surface area contributed by atoms with Gasteiger partial charge in [0.1, 0.15) is 46.6 Å². The number of piperazine rings is 1. The molecule has 0 aliphatic carbocycles. The van der Waals surface area contributed by atoms with Crippen molar-refractivity contribution in [1.82, 2.24) is 39.1 Å². The van der Waals surface area contributed by atoms with Gasteiger partial charge in [0, 0.05) is 88.8 Å². The van der Waals surface area contributed by atoms with Crippen molar-refractivity contribution in [2.45, 2.75) is 89.2 Å². The summed E-state index contributed by atoms with van der Waals surface area (Å²) in [5.74, 6) is 1.34. The average Bonchev–Trinajstić information content (AvgIpc) is 3.83. The number of fused-ring (bicyclic) bond motifs is 13. The van der Waals surface area contributed by atoms with Crippen molar-refractivity contribution in [3.63, 3.8) is 0 Å². The summed E-state index contributed by atoms with van der Waals surface area (Å²) in [7, 11) is 5.42. The molecule has 11 rings (SSSR count). The first-order valence-corrected chi connectivity index (χ1v) is 22.6. The molecule has 1 N–H and O–H groups in total. The number of halogens is 2. The number of ether oxygens (including phenoxy) is 2. The van der Waals surface area contributed by atoms with Gasteiger partial charge in [-0.2, -0.15) is 15.2 Å². The van der Waals surface area contributed by atoms with Crippen LogP contribution in [0.1, 0.15) is 51.3 Å². The van der Waals surface area contributed by atoms with Crippen molar-refractivity contribution >= 4 is 41.4 Å². The van der Waals surface area contributed by atoms with Crippen LogP contribution < -0.4 is 15.2 Å². The summed E-state index contributed by atoms with van der Waals surface area (Å²) in [5, 5.41) is 12.5. The van der Waals surface area contributed by atoms with Crippen LogP contribution in [0, 0.1) is 18.6 Å². The topological polar surface area (TPSA) is 122 Å². The van der Waals surface area contributed by atoms with E-state index < -0.39 is 18.0 Å². The zero-order valence-electron chi connectivity index (χ0n) is 37.6. The second-order valence-electron chi connectivity index (χ2n) is 18.0. The molecule has 5 unspecified atom stereocenters. The number of nitrogens with zero attached hydrogens (tertiary/aromatic N) is 11. The fourth-order valence-corrected chi connectivity index (χ4v) is 10.3. The van der Waals surface area contributed by atoms with Crippen LogP contribution in [0.5, 0.6) is 5.75 Å². The molecule has 2 aromatic heterocycles. The average molecular weight is 879 g/mol. The van der Waals surface area contributed by atoms with E-state index in [0.29, 0.717) is 103 Å². The molecule has 7 aliphatic heterocycles. The summed E-state index contributed by atoms with van der Waals surface area (Å²) in [5.41, 5.74) is 3.79. The lowest BCUT2D eigenvalue weighted by atomic mass is 9.88. The Morgan fingerprint density at radius 2 is 1.78 bits per heavy atom. The van der Waals surface area contributed by atoms with E-state index in [2.05, 4.69) is 26.8 Å². The number of hydrogen-bond acceptors (Lipinski definition) is 13. The van der Waals surface area contributed by atoms with Crippen molar-refractivity contribution in [3.05, 3.63) is 77.4 Å². The van der Waals surface area contributed by atoms with Gasteiger partial charge in [-0.25, -0.2) is 23.7 Å². The van der Waals surface area contributed by atoms with Gasteiger partial charge in [-0.1, -0.05) is 18.9 Å². The fraction of sp³-hybridized carbons (Fsp3) is 0.511. The molecule has 4 aromatic rings. The van der Waals surface area contributed by atoms with Crippen LogP contribution >= 0.6 is 0 Å². The Morgan fingerprint density at radius 3 is 2.58 bits per heavy atom. The number of carbonyl (C=O) groups is 1. The smallest absolute Gasteiger partial charge is 0.245 e. The number of piperidine rings is 1. The Morgan fingerprint density at radius 1 is 0.969 bits per heavy atom. The summed E-state index contributed by atoms with van der Waals surface area (Å²) in [4.78, 5) is 37.8. The van der Waals surface area contributed by atoms with Gasteiger partial charge < -0.3 is 34.1 Å². The van der Waals surface area contributed by atoms with E-state index in [1.54, 1.807) is 36.5 Å². The van der Waals surface area contributed by atoms with Gasteiger partial charge in [0.15, 0.2) is 0 Å². The number of likely N-dealkylation sites (N-methyl/N-ethyl adjacent to an activating group) is 1. The lowest BCUT2D eigenvalue weighted by Crippen LogP contribution is -2.70. The molecule has 15 nitrogen and oxygen atoms in total. The van der Waals surface area contributed by atoms with Gasteiger partial charge in [-0.15, -0.1) is 0 Å². The van der Waals surface area contributed by atoms with Gasteiger partial charge in [0.2, 0.25) is 5.91 Å². The summed E-state index contributed by atoms with van der Waals surface area (Å²) in [6.45, 7) is 13.2. The summed E-state index contributed by atoms with van der Waals surface area (Å²) >= 11 is 0. The number of rotatable bonds is 5. The SMILES string of the molecule is C=N/C(=C(C)/C=N\N1c2ccc(F)cc2OCCCCCCN2CC3CC(C2)N3CN1C)N1CC2CC1C(=O)N(C)CC(OC)Cn1c(C)nc3cc(F)cc(c31)-c1cccc(n1)N2. The quantitative estimate of drug-likeness (QED) is 0.239. The molecular weight excluding hydrogens is 819 g/mol. The number of aryl methyl sites for hydroxylation is 1. The number of likely N-dealkylation sites (tertiary alicyclic amines) is 1. The minimum absolute atomic E-state index is 0.100. The Bertz CT molecular complexity index is 2430. The number of nitrogens with one attached hydrogen (secondary N) is 1. The molecule has 1 amide bonds. The monoisotopic (exact) mass is 878 g/mol. The highest BCUT2D eigenvalue weighted by atomic mass is 19.1. The number of benzene rings is 2. The normalized spacial score (nSPS) is 27.3. The number of aliphatic imine (C=N–C) groups is 1. The molecule has 2 aromatic carbocycles. The molecule has 17 heteroatoms. The van der Waals surface area contributed by atoms with Gasteiger partial charge in [0.25, 0.3) is 0 Å². The molecule has 4 saturated heterocycles. The number of hydrazone groups is 1. The van der Waals surface area contributed by atoms with E-state index in [0.717, 1.165) is 44.4 Å². The van der Waals surface area contributed by atoms with Gasteiger partial charge >= 0.3 is 0 Å². The zero-order valence-corrected chi connectivity index (χ0v) is 37.6. The lowest BCUT2D eigenvalue weighted by molar-refractivity contribution is -0.135. The van der Waals surface area contributed by atoms with E-state index in [1.807, 2.05) is 53.6 Å². The zero-order chi connectivity index (χ0) is 44.6. The van der Waals surface area contributed by atoms with E-state index in [-0.39, 0.29) is 17.8 Å². The molecule has 64 heavy (non-hydrogen) atoms. The first-order valence-electron chi connectivity index (χ1n) is 22.6. The molecule has 4 fully saturated rings. The predicted molar refractivity (Wildman–Crippen MR) is 245 cm³/mol. The lowest BCUT2D eigenvalue weighted by Gasteiger charge is -2.57. The molecule has 340 valence electrons. The Balaban J connectivity index is 1.05. The number of hydrazine groups is 1. The maximum atomic E-state index is 15.1. The molecule has 7 aliphatic rings. The van der Waals surface area contributed by atoms with E-state index in [4.69, 9.17) is 24.5 Å². The molecule has 5 atom stereocenters. The van der Waals surface area contributed by atoms with E-state index in [9.17, 15) is 9.18 Å². The highest BCUT2D eigenvalue weighted by molar-refractivity contribution is 5.92. The molecule has 0 saturated carbocycles. The van der Waals surface area contributed by atoms with Crippen LogP contribution in [0.2, 0.25) is 0 Å². The van der Waals surface area contributed by atoms with Gasteiger partial charge in [-0.3, -0.25) is 9.69 Å². The standard InChI is InChI=1S/C47H60F2N12O3/c1-30(23-51-61-41-15-14-32(48)20-43(41)64-17-10-8-7-9-16-57-25-35-22-36(26-57)60(35)29-56(61)5)46(50-3)59-24-34-21-42(59)47(62)55(4)27-37(63-6)28-58-31(2)52-40-19-33(49)18-38(45(40)58)39-12-11-13-44(53-34)54-39/h11-15,18-20,23,34-37,42H,3,7-10,16-17,21-22,24-29H2,1-2,4-6H3,(H,53,54)/b46-30-,51-23-. The van der Waals surface area contributed by atoms with E-state index in [1.165, 1.54) is 37.1 Å². The fourth-order valence-electron chi connectivity index (χ4n) is 10.3. The number of hydrogen-bond donors (Lipinski definition) is 1. The third-order valence-corrected chi connectivity index (χ3v) is 13.5. The number of methoxy groups -OCH3 is 1. The summed E-state index contributed by atoms with van der Waals surface area (Å²) < 4.78 is 44.3. The molecule has 0 spiro atoms. The molecule has 0 radical (unpaired) electrons. The maximum absolute atomic E-state index is 15.1. The largest absolute Gasteiger partial charge is 0.491 e. The number of anilines is 2. The molecule has 8 bridgehead atoms. The number of pyridine rings is 1. The van der Waals surface area contributed by atoms with Crippen LogP contribution in [0.15, 0.2) is 70.0 Å². The Labute approximate surface area is 374 Å².